The zero-order valence-electron chi connectivity index (χ0n) is 12.0. The van der Waals surface area contributed by atoms with Gasteiger partial charge in [-0.25, -0.2) is 0 Å². The zero-order chi connectivity index (χ0) is 15.4. The van der Waals surface area contributed by atoms with Crippen molar-refractivity contribution < 1.29 is 9.26 Å². The van der Waals surface area contributed by atoms with Crippen LogP contribution in [0.4, 0.5) is 5.69 Å². The maximum Gasteiger partial charge on any atom is 0.156 e. The molecule has 0 saturated carbocycles. The van der Waals surface area contributed by atoms with E-state index in [0.29, 0.717) is 11.6 Å². The lowest BCUT2D eigenvalue weighted by Crippen LogP contribution is -2.00. The lowest BCUT2D eigenvalue weighted by molar-refractivity contribution is 0.389. The molecule has 22 heavy (non-hydrogen) atoms. The van der Waals surface area contributed by atoms with E-state index in [-0.39, 0.29) is 0 Å². The van der Waals surface area contributed by atoms with Crippen molar-refractivity contribution in [1.82, 2.24) is 5.16 Å². The number of methoxy groups -OCH3 is 1. The van der Waals surface area contributed by atoms with E-state index >= 15 is 0 Å². The maximum absolute atomic E-state index is 6.01. The van der Waals surface area contributed by atoms with Gasteiger partial charge in [-0.1, -0.05) is 47.1 Å². The number of halogens is 1. The summed E-state index contributed by atoms with van der Waals surface area (Å²) in [5.74, 6) is 1.47. The van der Waals surface area contributed by atoms with Crippen molar-refractivity contribution in [3.63, 3.8) is 0 Å². The fourth-order valence-electron chi connectivity index (χ4n) is 2.14. The van der Waals surface area contributed by atoms with Gasteiger partial charge in [0, 0.05) is 16.7 Å². The topological polar surface area (TPSA) is 47.3 Å². The van der Waals surface area contributed by atoms with Crippen molar-refractivity contribution in [3.05, 3.63) is 65.4 Å². The third-order valence-corrected chi connectivity index (χ3v) is 3.48. The molecule has 3 aromatic rings. The molecule has 2 aromatic carbocycles. The van der Waals surface area contributed by atoms with Crippen LogP contribution < -0.4 is 10.1 Å². The van der Waals surface area contributed by atoms with Gasteiger partial charge in [-0.15, -0.1) is 0 Å². The van der Waals surface area contributed by atoms with Crippen molar-refractivity contribution in [1.29, 1.82) is 0 Å². The average Bonchev–Trinajstić information content (AvgIpc) is 3.03. The van der Waals surface area contributed by atoms with Crippen LogP contribution in [0.2, 0.25) is 5.02 Å². The number of hydrogen-bond donors (Lipinski definition) is 1. The fraction of sp³-hybridized carbons (Fsp3) is 0.118. The summed E-state index contributed by atoms with van der Waals surface area (Å²) in [6.45, 7) is 0.497. The van der Waals surface area contributed by atoms with Crippen molar-refractivity contribution in [2.24, 2.45) is 0 Å². The van der Waals surface area contributed by atoms with Crippen LogP contribution in [-0.2, 0) is 6.54 Å². The van der Waals surface area contributed by atoms with E-state index in [2.05, 4.69) is 10.5 Å². The normalized spacial score (nSPS) is 10.5. The molecule has 1 heterocycles. The molecular formula is C17H15ClN2O2. The van der Waals surface area contributed by atoms with Gasteiger partial charge in [0.1, 0.15) is 11.4 Å². The number of ether oxygens (including phenoxy) is 1. The van der Waals surface area contributed by atoms with Gasteiger partial charge in [0.15, 0.2) is 5.76 Å². The Labute approximate surface area is 133 Å². The van der Waals surface area contributed by atoms with E-state index in [1.165, 1.54) is 0 Å². The van der Waals surface area contributed by atoms with Gasteiger partial charge in [-0.2, -0.15) is 0 Å². The van der Waals surface area contributed by atoms with E-state index in [9.17, 15) is 0 Å². The quantitative estimate of drug-likeness (QED) is 0.746. The van der Waals surface area contributed by atoms with E-state index in [0.717, 1.165) is 28.5 Å². The van der Waals surface area contributed by atoms with Crippen molar-refractivity contribution >= 4 is 17.3 Å². The molecule has 1 N–H and O–H groups in total. The molecule has 0 amide bonds. The predicted molar refractivity (Wildman–Crippen MR) is 87.3 cm³/mol. The van der Waals surface area contributed by atoms with E-state index < -0.39 is 0 Å². The molecule has 0 aliphatic heterocycles. The minimum atomic E-state index is 0.497. The summed E-state index contributed by atoms with van der Waals surface area (Å²) < 4.78 is 10.7. The number of aromatic nitrogens is 1. The van der Waals surface area contributed by atoms with Crippen molar-refractivity contribution in [3.8, 4) is 17.0 Å². The molecule has 0 unspecified atom stereocenters. The summed E-state index contributed by atoms with van der Waals surface area (Å²) in [6, 6.07) is 17.2. The number of anilines is 1. The monoisotopic (exact) mass is 314 g/mol. The lowest BCUT2D eigenvalue weighted by atomic mass is 10.1. The van der Waals surface area contributed by atoms with Gasteiger partial charge in [0.05, 0.1) is 19.3 Å². The Morgan fingerprint density at radius 1 is 1.14 bits per heavy atom. The molecule has 0 atom stereocenters. The van der Waals surface area contributed by atoms with Crippen LogP contribution in [0.25, 0.3) is 11.3 Å². The first-order valence-electron chi connectivity index (χ1n) is 6.84. The summed E-state index contributed by atoms with van der Waals surface area (Å²) in [5.41, 5.74) is 2.65. The molecule has 5 heteroatoms. The van der Waals surface area contributed by atoms with Gasteiger partial charge in [-0.05, 0) is 18.2 Å². The second-order valence-electron chi connectivity index (χ2n) is 4.74. The van der Waals surface area contributed by atoms with Crippen LogP contribution in [0.5, 0.6) is 5.75 Å². The van der Waals surface area contributed by atoms with Crippen LogP contribution in [0, 0.1) is 0 Å². The highest BCUT2D eigenvalue weighted by atomic mass is 35.5. The zero-order valence-corrected chi connectivity index (χ0v) is 12.8. The molecule has 0 aliphatic rings. The average molecular weight is 315 g/mol. The van der Waals surface area contributed by atoms with Crippen LogP contribution >= 0.6 is 11.6 Å². The Kier molecular flexibility index (Phi) is 4.30. The number of rotatable bonds is 5. The second-order valence-corrected chi connectivity index (χ2v) is 5.18. The van der Waals surface area contributed by atoms with E-state index in [1.54, 1.807) is 13.2 Å². The summed E-state index contributed by atoms with van der Waals surface area (Å²) in [5, 5.41) is 7.97. The Bertz CT molecular complexity index is 756. The molecule has 0 spiro atoms. The SMILES string of the molecule is COc1ccc(Cl)cc1NCc1cc(-c2ccccc2)no1. The van der Waals surface area contributed by atoms with E-state index in [4.69, 9.17) is 20.9 Å². The van der Waals surface area contributed by atoms with E-state index in [1.807, 2.05) is 48.5 Å². The number of hydrogen-bond acceptors (Lipinski definition) is 4. The minimum Gasteiger partial charge on any atom is -0.495 e. The molecule has 0 aliphatic carbocycles. The molecule has 0 fully saturated rings. The summed E-state index contributed by atoms with van der Waals surface area (Å²) >= 11 is 6.01. The van der Waals surface area contributed by atoms with Crippen LogP contribution in [0.3, 0.4) is 0 Å². The maximum atomic E-state index is 6.01. The highest BCUT2D eigenvalue weighted by Crippen LogP contribution is 2.28. The van der Waals surface area contributed by atoms with Gasteiger partial charge in [0.2, 0.25) is 0 Å². The summed E-state index contributed by atoms with van der Waals surface area (Å²) in [6.07, 6.45) is 0. The second kappa shape index (κ2) is 6.54. The standard InChI is InChI=1S/C17H15ClN2O2/c1-21-17-8-7-13(18)9-16(17)19-11-14-10-15(20-22-14)12-5-3-2-4-6-12/h2-10,19H,11H2,1H3. The molecule has 3 rings (SSSR count). The minimum absolute atomic E-state index is 0.497. The third-order valence-electron chi connectivity index (χ3n) is 3.24. The summed E-state index contributed by atoms with van der Waals surface area (Å²) in [7, 11) is 1.62. The largest absolute Gasteiger partial charge is 0.495 e. The fourth-order valence-corrected chi connectivity index (χ4v) is 2.31. The third kappa shape index (κ3) is 3.23. The Hall–Kier alpha value is -2.46. The van der Waals surface area contributed by atoms with Gasteiger partial charge in [-0.3, -0.25) is 0 Å². The van der Waals surface area contributed by atoms with Gasteiger partial charge < -0.3 is 14.6 Å². The summed E-state index contributed by atoms with van der Waals surface area (Å²) in [4.78, 5) is 0. The van der Waals surface area contributed by atoms with Crippen LogP contribution in [-0.4, -0.2) is 12.3 Å². The smallest absolute Gasteiger partial charge is 0.156 e. The first kappa shape index (κ1) is 14.5. The van der Waals surface area contributed by atoms with Crippen LogP contribution in [0.1, 0.15) is 5.76 Å². The molecule has 0 radical (unpaired) electrons. The first-order valence-corrected chi connectivity index (χ1v) is 7.22. The van der Waals surface area contributed by atoms with Gasteiger partial charge >= 0.3 is 0 Å². The molecule has 1 aromatic heterocycles. The molecule has 4 nitrogen and oxygen atoms in total. The highest BCUT2D eigenvalue weighted by molar-refractivity contribution is 6.30. The number of nitrogens with one attached hydrogen (secondary N) is 1. The first-order chi connectivity index (χ1) is 10.8. The molecular weight excluding hydrogens is 300 g/mol. The predicted octanol–water partition coefficient (Wildman–Crippen LogP) is 4.62. The Morgan fingerprint density at radius 2 is 1.95 bits per heavy atom. The highest BCUT2D eigenvalue weighted by Gasteiger charge is 2.08. The lowest BCUT2D eigenvalue weighted by Gasteiger charge is -2.09. The Morgan fingerprint density at radius 3 is 2.73 bits per heavy atom. The molecule has 0 saturated heterocycles. The van der Waals surface area contributed by atoms with Crippen molar-refractivity contribution in [2.45, 2.75) is 6.54 Å². The molecule has 0 bridgehead atoms. The van der Waals surface area contributed by atoms with Crippen LogP contribution in [0.15, 0.2) is 59.1 Å². The number of nitrogens with zero attached hydrogens (tertiary/aromatic N) is 1. The van der Waals surface area contributed by atoms with Crippen molar-refractivity contribution in [2.75, 3.05) is 12.4 Å². The van der Waals surface area contributed by atoms with Gasteiger partial charge in [0.25, 0.3) is 0 Å². The Balaban J connectivity index is 1.73. The number of benzene rings is 2. The molecule has 112 valence electrons.